The van der Waals surface area contributed by atoms with Gasteiger partial charge in [-0.15, -0.1) is 0 Å². The van der Waals surface area contributed by atoms with Crippen molar-refractivity contribution in [2.45, 2.75) is 6.42 Å². The van der Waals surface area contributed by atoms with E-state index in [-0.39, 0.29) is 26.1 Å². The first-order valence-corrected chi connectivity index (χ1v) is 4.12. The van der Waals surface area contributed by atoms with Crippen molar-refractivity contribution < 1.29 is 14.4 Å². The van der Waals surface area contributed by atoms with Crippen molar-refractivity contribution in [1.82, 2.24) is 10.6 Å². The summed E-state index contributed by atoms with van der Waals surface area (Å²) in [6.07, 6.45) is 0.00983. The molecule has 0 aromatic rings. The maximum atomic E-state index is 10.9. The molecule has 0 fully saturated rings. The van der Waals surface area contributed by atoms with Gasteiger partial charge in [0, 0.05) is 26.1 Å². The zero-order valence-electron chi connectivity index (χ0n) is 7.71. The summed E-state index contributed by atoms with van der Waals surface area (Å²) in [6.45, 7) is 0.562. The van der Waals surface area contributed by atoms with E-state index >= 15 is 0 Å². The number of nitrogens with two attached hydrogens (primary N) is 2. The van der Waals surface area contributed by atoms with E-state index in [0.717, 1.165) is 0 Å². The Kier molecular flexibility index (Phi) is 6.04. The summed E-state index contributed by atoms with van der Waals surface area (Å²) in [6, 6.07) is 0. The van der Waals surface area contributed by atoms with Gasteiger partial charge in [-0.25, -0.2) is 0 Å². The maximum Gasteiger partial charge on any atom is 0.309 e. The van der Waals surface area contributed by atoms with Crippen molar-refractivity contribution in [1.29, 1.82) is 0 Å². The minimum absolute atomic E-state index is 0.00983. The predicted molar refractivity (Wildman–Crippen MR) is 48.9 cm³/mol. The van der Waals surface area contributed by atoms with Gasteiger partial charge in [-0.2, -0.15) is 0 Å². The molecule has 0 atom stereocenters. The van der Waals surface area contributed by atoms with Crippen LogP contribution in [0.4, 0.5) is 0 Å². The molecule has 0 unspecified atom stereocenters. The summed E-state index contributed by atoms with van der Waals surface area (Å²) in [4.78, 5) is 32.1. The van der Waals surface area contributed by atoms with E-state index in [9.17, 15) is 14.4 Å². The number of hydrogen-bond donors (Lipinski definition) is 4. The number of rotatable bonds is 5. The Balaban J connectivity index is 3.62. The van der Waals surface area contributed by atoms with Crippen LogP contribution in [-0.2, 0) is 14.4 Å². The number of primary amides is 1. The van der Waals surface area contributed by atoms with Crippen molar-refractivity contribution >= 4 is 17.7 Å². The lowest BCUT2D eigenvalue weighted by Gasteiger charge is -2.03. The normalized spacial score (nSPS) is 9.21. The van der Waals surface area contributed by atoms with Crippen LogP contribution < -0.4 is 22.1 Å². The van der Waals surface area contributed by atoms with E-state index in [1.54, 1.807) is 0 Å². The van der Waals surface area contributed by atoms with Gasteiger partial charge in [-0.1, -0.05) is 0 Å². The van der Waals surface area contributed by atoms with E-state index in [1.165, 1.54) is 0 Å². The Hall–Kier alpha value is -1.63. The quantitative estimate of drug-likeness (QED) is 0.355. The second-order valence-electron chi connectivity index (χ2n) is 2.52. The third kappa shape index (κ3) is 5.95. The highest BCUT2D eigenvalue weighted by Crippen LogP contribution is 1.74. The number of amides is 3. The Bertz CT molecular complexity index is 229. The summed E-state index contributed by atoms with van der Waals surface area (Å²) in [5.41, 5.74) is 9.94. The second kappa shape index (κ2) is 6.84. The third-order valence-corrected chi connectivity index (χ3v) is 1.29. The SMILES string of the molecule is NCCNC(=O)C(=O)NCCC(N)=O. The fourth-order valence-electron chi connectivity index (χ4n) is 0.645. The average molecular weight is 202 g/mol. The van der Waals surface area contributed by atoms with Crippen molar-refractivity contribution in [3.05, 3.63) is 0 Å². The molecule has 0 spiro atoms. The fourth-order valence-corrected chi connectivity index (χ4v) is 0.645. The Morgan fingerprint density at radius 2 is 1.50 bits per heavy atom. The maximum absolute atomic E-state index is 10.9. The lowest BCUT2D eigenvalue weighted by molar-refractivity contribution is -0.139. The van der Waals surface area contributed by atoms with Crippen LogP contribution in [0.5, 0.6) is 0 Å². The molecule has 0 rings (SSSR count). The van der Waals surface area contributed by atoms with Crippen LogP contribution >= 0.6 is 0 Å². The predicted octanol–water partition coefficient (Wildman–Crippen LogP) is -2.95. The summed E-state index contributed by atoms with van der Waals surface area (Å²) in [7, 11) is 0. The lowest BCUT2D eigenvalue weighted by atomic mass is 10.4. The van der Waals surface area contributed by atoms with Gasteiger partial charge < -0.3 is 22.1 Å². The van der Waals surface area contributed by atoms with Crippen molar-refractivity contribution in [3.8, 4) is 0 Å². The molecule has 0 aromatic carbocycles. The summed E-state index contributed by atoms with van der Waals surface area (Å²) >= 11 is 0. The van der Waals surface area contributed by atoms with Crippen LogP contribution in [-0.4, -0.2) is 37.4 Å². The van der Waals surface area contributed by atoms with Crippen molar-refractivity contribution in [3.63, 3.8) is 0 Å². The first-order valence-electron chi connectivity index (χ1n) is 4.12. The molecule has 0 aliphatic carbocycles. The molecule has 0 aliphatic rings. The number of nitrogens with one attached hydrogen (secondary N) is 2. The largest absolute Gasteiger partial charge is 0.370 e. The highest BCUT2D eigenvalue weighted by atomic mass is 16.2. The van der Waals surface area contributed by atoms with E-state index in [0.29, 0.717) is 0 Å². The molecule has 3 amide bonds. The Morgan fingerprint density at radius 3 is 1.93 bits per heavy atom. The molecule has 0 bridgehead atoms. The zero-order chi connectivity index (χ0) is 11.0. The molecular weight excluding hydrogens is 188 g/mol. The minimum atomic E-state index is -0.792. The van der Waals surface area contributed by atoms with Gasteiger partial charge in [0.2, 0.25) is 5.91 Å². The highest BCUT2D eigenvalue weighted by Gasteiger charge is 2.11. The van der Waals surface area contributed by atoms with Gasteiger partial charge in [0.15, 0.2) is 0 Å². The van der Waals surface area contributed by atoms with Crippen LogP contribution in [0, 0.1) is 0 Å². The van der Waals surface area contributed by atoms with E-state index in [4.69, 9.17) is 11.5 Å². The molecule has 80 valence electrons. The molecule has 0 saturated heterocycles. The molecular formula is C7H14N4O3. The number of carbonyl (C=O) groups excluding carboxylic acids is 3. The number of hydrogen-bond acceptors (Lipinski definition) is 4. The standard InChI is InChI=1S/C7H14N4O3/c8-2-4-11-7(14)6(13)10-3-1-5(9)12/h1-4,8H2,(H2,9,12)(H,10,13)(H,11,14). The second-order valence-corrected chi connectivity index (χ2v) is 2.52. The van der Waals surface area contributed by atoms with Gasteiger partial charge >= 0.3 is 11.8 Å². The first-order chi connectivity index (χ1) is 6.57. The van der Waals surface area contributed by atoms with Gasteiger partial charge in [-0.3, -0.25) is 14.4 Å². The molecule has 7 nitrogen and oxygen atoms in total. The van der Waals surface area contributed by atoms with Gasteiger partial charge in [0.1, 0.15) is 0 Å². The highest BCUT2D eigenvalue weighted by molar-refractivity contribution is 6.35. The molecule has 7 heteroatoms. The van der Waals surface area contributed by atoms with Crippen LogP contribution in [0.2, 0.25) is 0 Å². The Labute approximate surface area is 81.2 Å². The lowest BCUT2D eigenvalue weighted by Crippen LogP contribution is -2.42. The topological polar surface area (TPSA) is 127 Å². The molecule has 0 heterocycles. The minimum Gasteiger partial charge on any atom is -0.370 e. The van der Waals surface area contributed by atoms with E-state index < -0.39 is 17.7 Å². The number of carbonyl (C=O) groups is 3. The van der Waals surface area contributed by atoms with Crippen LogP contribution in [0.15, 0.2) is 0 Å². The Morgan fingerprint density at radius 1 is 1.00 bits per heavy atom. The van der Waals surface area contributed by atoms with Gasteiger partial charge in [0.05, 0.1) is 0 Å². The van der Waals surface area contributed by atoms with Crippen LogP contribution in [0.25, 0.3) is 0 Å². The summed E-state index contributed by atoms with van der Waals surface area (Å²) < 4.78 is 0. The van der Waals surface area contributed by atoms with Gasteiger partial charge in [0.25, 0.3) is 0 Å². The average Bonchev–Trinajstić information content (AvgIpc) is 2.13. The molecule has 0 aromatic heterocycles. The van der Waals surface area contributed by atoms with Crippen LogP contribution in [0.1, 0.15) is 6.42 Å². The van der Waals surface area contributed by atoms with E-state index in [2.05, 4.69) is 10.6 Å². The smallest absolute Gasteiger partial charge is 0.309 e. The fraction of sp³-hybridized carbons (Fsp3) is 0.571. The molecule has 0 saturated carbocycles. The molecule has 6 N–H and O–H groups in total. The summed E-state index contributed by atoms with van der Waals surface area (Å²) in [5, 5.41) is 4.51. The van der Waals surface area contributed by atoms with Crippen molar-refractivity contribution in [2.24, 2.45) is 11.5 Å². The molecule has 14 heavy (non-hydrogen) atoms. The molecule has 0 radical (unpaired) electrons. The van der Waals surface area contributed by atoms with Crippen molar-refractivity contribution in [2.75, 3.05) is 19.6 Å². The van der Waals surface area contributed by atoms with Crippen LogP contribution in [0.3, 0.4) is 0 Å². The zero-order valence-corrected chi connectivity index (χ0v) is 7.71. The van der Waals surface area contributed by atoms with Gasteiger partial charge in [-0.05, 0) is 0 Å². The van der Waals surface area contributed by atoms with E-state index in [1.807, 2.05) is 0 Å². The summed E-state index contributed by atoms with van der Waals surface area (Å²) in [5.74, 6) is -2.09. The third-order valence-electron chi connectivity index (χ3n) is 1.29. The first kappa shape index (κ1) is 12.4. The monoisotopic (exact) mass is 202 g/mol. The molecule has 0 aliphatic heterocycles.